The maximum absolute atomic E-state index is 12.8. The van der Waals surface area contributed by atoms with Crippen LogP contribution < -0.4 is 0 Å². The second kappa shape index (κ2) is 7.25. The van der Waals surface area contributed by atoms with Crippen LogP contribution in [0.1, 0.15) is 27.0 Å². The van der Waals surface area contributed by atoms with E-state index in [-0.39, 0.29) is 22.6 Å². The maximum atomic E-state index is 12.8. The topological polar surface area (TPSA) is 80.8 Å². The molecular formula is C20H21NO5S. The first-order chi connectivity index (χ1) is 12.7. The SMILES string of the molecule is COC(=O)C1Cc2ccc(C(=O)c3ccc(S(=O)(=O)N(C)C)cc3)cc2C1. The van der Waals surface area contributed by atoms with E-state index in [1.807, 2.05) is 12.1 Å². The summed E-state index contributed by atoms with van der Waals surface area (Å²) in [5.74, 6) is -0.629. The molecule has 1 unspecified atom stereocenters. The average Bonchev–Trinajstić information content (AvgIpc) is 3.10. The molecule has 1 aliphatic carbocycles. The van der Waals surface area contributed by atoms with E-state index in [4.69, 9.17) is 4.74 Å². The molecule has 0 saturated carbocycles. The second-order valence-corrected chi connectivity index (χ2v) is 8.90. The summed E-state index contributed by atoms with van der Waals surface area (Å²) < 4.78 is 30.2. The van der Waals surface area contributed by atoms with E-state index in [0.717, 1.165) is 15.4 Å². The van der Waals surface area contributed by atoms with Crippen LogP contribution in [0, 0.1) is 5.92 Å². The van der Waals surface area contributed by atoms with Crippen LogP contribution in [-0.4, -0.2) is 45.7 Å². The van der Waals surface area contributed by atoms with Crippen molar-refractivity contribution in [2.75, 3.05) is 21.2 Å². The fraction of sp³-hybridized carbons (Fsp3) is 0.300. The van der Waals surface area contributed by atoms with Gasteiger partial charge in [-0.15, -0.1) is 0 Å². The van der Waals surface area contributed by atoms with Crippen molar-refractivity contribution in [3.05, 3.63) is 64.7 Å². The summed E-state index contributed by atoms with van der Waals surface area (Å²) >= 11 is 0. The van der Waals surface area contributed by atoms with Crippen molar-refractivity contribution in [2.45, 2.75) is 17.7 Å². The Kier molecular flexibility index (Phi) is 5.17. The number of fused-ring (bicyclic) bond motifs is 1. The lowest BCUT2D eigenvalue weighted by Crippen LogP contribution is -2.22. The molecule has 0 bridgehead atoms. The van der Waals surface area contributed by atoms with Crippen molar-refractivity contribution < 1.29 is 22.7 Å². The summed E-state index contributed by atoms with van der Waals surface area (Å²) in [5, 5.41) is 0. The van der Waals surface area contributed by atoms with Gasteiger partial charge in [0.2, 0.25) is 10.0 Å². The zero-order chi connectivity index (χ0) is 19.8. The molecule has 6 nitrogen and oxygen atoms in total. The molecule has 0 aromatic heterocycles. The minimum absolute atomic E-state index is 0.138. The molecule has 0 radical (unpaired) electrons. The Morgan fingerprint density at radius 2 is 1.56 bits per heavy atom. The summed E-state index contributed by atoms with van der Waals surface area (Å²) in [6.45, 7) is 0. The van der Waals surface area contributed by atoms with Gasteiger partial charge in [-0.3, -0.25) is 9.59 Å². The molecule has 1 atom stereocenters. The molecule has 0 saturated heterocycles. The van der Waals surface area contributed by atoms with Gasteiger partial charge in [0, 0.05) is 25.2 Å². The van der Waals surface area contributed by atoms with E-state index >= 15 is 0 Å². The summed E-state index contributed by atoms with van der Waals surface area (Å²) in [6.07, 6.45) is 1.18. The van der Waals surface area contributed by atoms with Crippen LogP contribution in [0.2, 0.25) is 0 Å². The first kappa shape index (κ1) is 19.3. The molecule has 1 aliphatic rings. The van der Waals surface area contributed by atoms with Gasteiger partial charge in [0.25, 0.3) is 0 Å². The molecule has 0 spiro atoms. The van der Waals surface area contributed by atoms with E-state index in [0.29, 0.717) is 24.0 Å². The highest BCUT2D eigenvalue weighted by Gasteiger charge is 2.28. The van der Waals surface area contributed by atoms with Crippen LogP contribution in [0.3, 0.4) is 0 Å². The van der Waals surface area contributed by atoms with Gasteiger partial charge < -0.3 is 4.74 Å². The maximum Gasteiger partial charge on any atom is 0.309 e. The lowest BCUT2D eigenvalue weighted by atomic mass is 9.99. The van der Waals surface area contributed by atoms with Gasteiger partial charge in [-0.05, 0) is 54.3 Å². The number of carbonyl (C=O) groups excluding carboxylic acids is 2. The number of hydrogen-bond donors (Lipinski definition) is 0. The van der Waals surface area contributed by atoms with Gasteiger partial charge in [0.05, 0.1) is 17.9 Å². The number of esters is 1. The van der Waals surface area contributed by atoms with E-state index in [1.54, 1.807) is 6.07 Å². The van der Waals surface area contributed by atoms with Crippen molar-refractivity contribution in [1.29, 1.82) is 0 Å². The summed E-state index contributed by atoms with van der Waals surface area (Å²) in [5.41, 5.74) is 2.95. The molecule has 0 heterocycles. The molecule has 2 aromatic rings. The predicted molar refractivity (Wildman–Crippen MR) is 100 cm³/mol. The zero-order valence-electron chi connectivity index (χ0n) is 15.4. The minimum Gasteiger partial charge on any atom is -0.469 e. The fourth-order valence-corrected chi connectivity index (χ4v) is 4.15. The number of nitrogens with zero attached hydrogens (tertiary/aromatic N) is 1. The van der Waals surface area contributed by atoms with Crippen LogP contribution in [0.5, 0.6) is 0 Å². The first-order valence-corrected chi connectivity index (χ1v) is 9.95. The third kappa shape index (κ3) is 3.65. The molecule has 142 valence electrons. The first-order valence-electron chi connectivity index (χ1n) is 8.51. The van der Waals surface area contributed by atoms with Gasteiger partial charge in [-0.2, -0.15) is 0 Å². The number of ketones is 1. The second-order valence-electron chi connectivity index (χ2n) is 6.75. The summed E-state index contributed by atoms with van der Waals surface area (Å²) in [6, 6.07) is 11.3. The van der Waals surface area contributed by atoms with Crippen LogP contribution in [-0.2, 0) is 32.4 Å². The van der Waals surface area contributed by atoms with Gasteiger partial charge >= 0.3 is 5.97 Å². The number of carbonyl (C=O) groups is 2. The van der Waals surface area contributed by atoms with Gasteiger partial charge in [0.1, 0.15) is 0 Å². The lowest BCUT2D eigenvalue weighted by Gasteiger charge is -2.11. The third-order valence-electron chi connectivity index (χ3n) is 4.83. The van der Waals surface area contributed by atoms with Crippen LogP contribution in [0.4, 0.5) is 0 Å². The summed E-state index contributed by atoms with van der Waals surface area (Å²) in [7, 11) is 0.763. The molecule has 0 N–H and O–H groups in total. The lowest BCUT2D eigenvalue weighted by molar-refractivity contribution is -0.145. The summed E-state index contributed by atoms with van der Waals surface area (Å²) in [4.78, 5) is 24.6. The van der Waals surface area contributed by atoms with Crippen molar-refractivity contribution in [3.8, 4) is 0 Å². The predicted octanol–water partition coefficient (Wildman–Crippen LogP) is 2.06. The highest BCUT2D eigenvalue weighted by atomic mass is 32.2. The van der Waals surface area contributed by atoms with Crippen molar-refractivity contribution in [2.24, 2.45) is 5.92 Å². The molecule has 0 amide bonds. The zero-order valence-corrected chi connectivity index (χ0v) is 16.2. The number of rotatable bonds is 5. The Balaban J connectivity index is 1.83. The van der Waals surface area contributed by atoms with Crippen molar-refractivity contribution in [1.82, 2.24) is 4.31 Å². The molecule has 27 heavy (non-hydrogen) atoms. The van der Waals surface area contributed by atoms with E-state index in [9.17, 15) is 18.0 Å². The quantitative estimate of drug-likeness (QED) is 0.579. The number of methoxy groups -OCH3 is 1. The molecule has 0 aliphatic heterocycles. The van der Waals surface area contributed by atoms with Crippen LogP contribution in [0.15, 0.2) is 47.4 Å². The van der Waals surface area contributed by atoms with Gasteiger partial charge in [-0.1, -0.05) is 12.1 Å². The normalized spacial score (nSPS) is 16.2. The van der Waals surface area contributed by atoms with Gasteiger partial charge in [-0.25, -0.2) is 12.7 Å². The highest BCUT2D eigenvalue weighted by Crippen LogP contribution is 2.29. The Morgan fingerprint density at radius 3 is 2.15 bits per heavy atom. The standard InChI is InChI=1S/C20H21NO5S/c1-21(2)27(24,25)18-8-6-13(7-9-18)19(22)15-5-4-14-10-17(20(23)26-3)12-16(14)11-15/h4-9,11,17H,10,12H2,1-3H3. The van der Waals surface area contributed by atoms with E-state index < -0.39 is 10.0 Å². The minimum atomic E-state index is -3.53. The smallest absolute Gasteiger partial charge is 0.309 e. The Labute approximate surface area is 158 Å². The number of sulfonamides is 1. The number of benzene rings is 2. The van der Waals surface area contributed by atoms with Crippen LogP contribution in [0.25, 0.3) is 0 Å². The Hall–Kier alpha value is -2.51. The number of ether oxygens (including phenoxy) is 1. The highest BCUT2D eigenvalue weighted by molar-refractivity contribution is 7.89. The monoisotopic (exact) mass is 387 g/mol. The average molecular weight is 387 g/mol. The van der Waals surface area contributed by atoms with Gasteiger partial charge in [0.15, 0.2) is 5.78 Å². The fourth-order valence-electron chi connectivity index (χ4n) is 3.25. The van der Waals surface area contributed by atoms with E-state index in [1.165, 1.54) is 45.5 Å². The molecule has 7 heteroatoms. The Bertz CT molecular complexity index is 994. The van der Waals surface area contributed by atoms with E-state index in [2.05, 4.69) is 0 Å². The molecule has 3 rings (SSSR count). The number of hydrogen-bond acceptors (Lipinski definition) is 5. The largest absolute Gasteiger partial charge is 0.469 e. The Morgan fingerprint density at radius 1 is 0.963 bits per heavy atom. The molecular weight excluding hydrogens is 366 g/mol. The third-order valence-corrected chi connectivity index (χ3v) is 6.66. The van der Waals surface area contributed by atoms with Crippen LogP contribution >= 0.6 is 0 Å². The van der Waals surface area contributed by atoms with Crippen molar-refractivity contribution >= 4 is 21.8 Å². The van der Waals surface area contributed by atoms with Crippen molar-refractivity contribution in [3.63, 3.8) is 0 Å². The molecule has 2 aromatic carbocycles. The molecule has 0 fully saturated rings.